The largest absolute Gasteiger partial charge is 0.310 e. The summed E-state index contributed by atoms with van der Waals surface area (Å²) in [4.78, 5) is 0.106. The predicted molar refractivity (Wildman–Crippen MR) is 69.2 cm³/mol. The molecule has 0 aromatic heterocycles. The Morgan fingerprint density at radius 3 is 2.44 bits per heavy atom. The second kappa shape index (κ2) is 5.77. The third-order valence-corrected chi connectivity index (χ3v) is 4.31. The van der Waals surface area contributed by atoms with Crippen LogP contribution in [-0.4, -0.2) is 32.9 Å². The van der Waals surface area contributed by atoms with E-state index >= 15 is 0 Å². The fourth-order valence-electron chi connectivity index (χ4n) is 1.37. The first-order chi connectivity index (χ1) is 8.25. The Balaban J connectivity index is 3.08. The van der Waals surface area contributed by atoms with E-state index in [9.17, 15) is 12.8 Å². The molecular formula is C12H19FN2O2S. The topological polar surface area (TPSA) is 49.4 Å². The molecule has 0 heterocycles. The molecule has 6 heteroatoms. The van der Waals surface area contributed by atoms with Crippen molar-refractivity contribution in [1.82, 2.24) is 9.62 Å². The van der Waals surface area contributed by atoms with Crippen molar-refractivity contribution in [2.75, 3.05) is 14.1 Å². The van der Waals surface area contributed by atoms with E-state index in [1.165, 1.54) is 32.3 Å². The van der Waals surface area contributed by atoms with Crippen LogP contribution in [0.4, 0.5) is 4.39 Å². The first-order valence-electron chi connectivity index (χ1n) is 5.69. The first-order valence-corrected chi connectivity index (χ1v) is 7.13. The van der Waals surface area contributed by atoms with Gasteiger partial charge in [-0.25, -0.2) is 17.1 Å². The maximum Gasteiger partial charge on any atom is 0.242 e. The molecule has 0 amide bonds. The lowest BCUT2D eigenvalue weighted by Crippen LogP contribution is -2.24. The molecule has 0 saturated carbocycles. The van der Waals surface area contributed by atoms with Crippen molar-refractivity contribution in [1.29, 1.82) is 0 Å². The monoisotopic (exact) mass is 274 g/mol. The molecule has 0 saturated heterocycles. The molecule has 0 aliphatic rings. The van der Waals surface area contributed by atoms with Crippen LogP contribution in [0.1, 0.15) is 19.4 Å². The molecule has 0 atom stereocenters. The third kappa shape index (κ3) is 3.51. The van der Waals surface area contributed by atoms with Gasteiger partial charge in [-0.05, 0) is 18.2 Å². The van der Waals surface area contributed by atoms with E-state index in [0.29, 0.717) is 12.1 Å². The number of halogens is 1. The average molecular weight is 274 g/mol. The minimum atomic E-state index is -3.52. The van der Waals surface area contributed by atoms with E-state index in [4.69, 9.17) is 0 Å². The zero-order chi connectivity index (χ0) is 13.9. The quantitative estimate of drug-likeness (QED) is 0.886. The molecule has 0 aliphatic heterocycles. The van der Waals surface area contributed by atoms with Crippen LogP contribution in [0.3, 0.4) is 0 Å². The normalized spacial score (nSPS) is 12.4. The number of nitrogens with zero attached hydrogens (tertiary/aromatic N) is 1. The molecule has 18 heavy (non-hydrogen) atoms. The first kappa shape index (κ1) is 15.1. The second-order valence-electron chi connectivity index (χ2n) is 4.58. The maximum absolute atomic E-state index is 13.6. The number of benzene rings is 1. The summed E-state index contributed by atoms with van der Waals surface area (Å²) in [5.74, 6) is -0.402. The fraction of sp³-hybridized carbons (Fsp3) is 0.500. The zero-order valence-corrected chi connectivity index (χ0v) is 11.9. The summed E-state index contributed by atoms with van der Waals surface area (Å²) < 4.78 is 38.5. The summed E-state index contributed by atoms with van der Waals surface area (Å²) in [6.45, 7) is 4.19. The summed E-state index contributed by atoms with van der Waals surface area (Å²) >= 11 is 0. The van der Waals surface area contributed by atoms with E-state index in [-0.39, 0.29) is 10.9 Å². The predicted octanol–water partition coefficient (Wildman–Crippen LogP) is 1.57. The molecule has 0 bridgehead atoms. The van der Waals surface area contributed by atoms with Crippen molar-refractivity contribution in [3.63, 3.8) is 0 Å². The van der Waals surface area contributed by atoms with Gasteiger partial charge in [0.1, 0.15) is 5.82 Å². The van der Waals surface area contributed by atoms with Crippen molar-refractivity contribution in [3.05, 3.63) is 29.6 Å². The van der Waals surface area contributed by atoms with Crippen LogP contribution >= 0.6 is 0 Å². The zero-order valence-electron chi connectivity index (χ0n) is 11.1. The molecule has 0 aliphatic carbocycles. The van der Waals surface area contributed by atoms with Crippen LogP contribution in [0.25, 0.3) is 0 Å². The highest BCUT2D eigenvalue weighted by Crippen LogP contribution is 2.17. The standard InChI is InChI=1S/C12H19FN2O2S/c1-9(2)14-8-10-7-11(5-6-12(10)13)18(16,17)15(3)4/h5-7,9,14H,8H2,1-4H3. The Hall–Kier alpha value is -0.980. The number of hydrogen-bond donors (Lipinski definition) is 1. The van der Waals surface area contributed by atoms with Gasteiger partial charge in [-0.3, -0.25) is 0 Å². The fourth-order valence-corrected chi connectivity index (χ4v) is 2.32. The Bertz CT molecular complexity index is 513. The van der Waals surface area contributed by atoms with Crippen molar-refractivity contribution in [2.45, 2.75) is 31.3 Å². The van der Waals surface area contributed by atoms with Crippen LogP contribution in [-0.2, 0) is 16.6 Å². The number of sulfonamides is 1. The molecule has 4 nitrogen and oxygen atoms in total. The Labute approximate surface area is 108 Å². The van der Waals surface area contributed by atoms with Crippen molar-refractivity contribution in [2.24, 2.45) is 0 Å². The highest BCUT2D eigenvalue weighted by Gasteiger charge is 2.18. The summed E-state index contributed by atoms with van der Waals surface area (Å²) in [6, 6.07) is 4.05. The third-order valence-electron chi connectivity index (χ3n) is 2.50. The van der Waals surface area contributed by atoms with E-state index in [1.807, 2.05) is 13.8 Å². The Morgan fingerprint density at radius 1 is 1.33 bits per heavy atom. The van der Waals surface area contributed by atoms with Crippen LogP contribution < -0.4 is 5.32 Å². The summed E-state index contributed by atoms with van der Waals surface area (Å²) in [7, 11) is -0.618. The summed E-state index contributed by atoms with van der Waals surface area (Å²) in [5, 5.41) is 3.06. The Kier molecular flexibility index (Phi) is 4.84. The molecule has 0 fully saturated rings. The molecule has 0 unspecified atom stereocenters. The van der Waals surface area contributed by atoms with Gasteiger partial charge in [0, 0.05) is 32.2 Å². The van der Waals surface area contributed by atoms with Gasteiger partial charge in [-0.15, -0.1) is 0 Å². The van der Waals surface area contributed by atoms with Crippen LogP contribution in [0.5, 0.6) is 0 Å². The molecule has 1 N–H and O–H groups in total. The number of nitrogens with one attached hydrogen (secondary N) is 1. The minimum Gasteiger partial charge on any atom is -0.310 e. The molecule has 102 valence electrons. The highest BCUT2D eigenvalue weighted by atomic mass is 32.2. The van der Waals surface area contributed by atoms with Gasteiger partial charge in [0.05, 0.1) is 4.90 Å². The van der Waals surface area contributed by atoms with Crippen LogP contribution in [0.2, 0.25) is 0 Å². The van der Waals surface area contributed by atoms with Gasteiger partial charge >= 0.3 is 0 Å². The van der Waals surface area contributed by atoms with Crippen molar-refractivity contribution in [3.8, 4) is 0 Å². The molecule has 0 radical (unpaired) electrons. The average Bonchev–Trinajstić information content (AvgIpc) is 2.27. The van der Waals surface area contributed by atoms with E-state index in [2.05, 4.69) is 5.32 Å². The second-order valence-corrected chi connectivity index (χ2v) is 6.73. The van der Waals surface area contributed by atoms with E-state index < -0.39 is 15.8 Å². The smallest absolute Gasteiger partial charge is 0.242 e. The van der Waals surface area contributed by atoms with Crippen LogP contribution in [0, 0.1) is 5.82 Å². The van der Waals surface area contributed by atoms with Gasteiger partial charge in [0.15, 0.2) is 0 Å². The van der Waals surface area contributed by atoms with Gasteiger partial charge < -0.3 is 5.32 Å². The number of rotatable bonds is 5. The van der Waals surface area contributed by atoms with Gasteiger partial charge in [0.25, 0.3) is 0 Å². The van der Waals surface area contributed by atoms with Crippen molar-refractivity contribution < 1.29 is 12.8 Å². The summed E-state index contributed by atoms with van der Waals surface area (Å²) in [6.07, 6.45) is 0. The highest BCUT2D eigenvalue weighted by molar-refractivity contribution is 7.89. The van der Waals surface area contributed by atoms with Crippen LogP contribution in [0.15, 0.2) is 23.1 Å². The van der Waals surface area contributed by atoms with E-state index in [0.717, 1.165) is 4.31 Å². The lowest BCUT2D eigenvalue weighted by atomic mass is 10.2. The van der Waals surface area contributed by atoms with E-state index in [1.54, 1.807) is 0 Å². The van der Waals surface area contributed by atoms with Gasteiger partial charge in [-0.2, -0.15) is 0 Å². The Morgan fingerprint density at radius 2 is 1.94 bits per heavy atom. The van der Waals surface area contributed by atoms with Gasteiger partial charge in [-0.1, -0.05) is 13.8 Å². The molecule has 1 aromatic rings. The number of hydrogen-bond acceptors (Lipinski definition) is 3. The minimum absolute atomic E-state index is 0.106. The maximum atomic E-state index is 13.6. The lowest BCUT2D eigenvalue weighted by molar-refractivity contribution is 0.518. The molecular weight excluding hydrogens is 255 g/mol. The SMILES string of the molecule is CC(C)NCc1cc(S(=O)(=O)N(C)C)ccc1F. The molecule has 1 aromatic carbocycles. The molecule has 0 spiro atoms. The molecule has 1 rings (SSSR count). The van der Waals surface area contributed by atoms with Crippen molar-refractivity contribution >= 4 is 10.0 Å². The summed E-state index contributed by atoms with van der Waals surface area (Å²) in [5.41, 5.74) is 0.353. The lowest BCUT2D eigenvalue weighted by Gasteiger charge is -2.14. The van der Waals surface area contributed by atoms with Gasteiger partial charge in [0.2, 0.25) is 10.0 Å².